The highest BCUT2D eigenvalue weighted by Gasteiger charge is 2.23. The van der Waals surface area contributed by atoms with Crippen LogP contribution in [0.15, 0.2) is 35.2 Å². The van der Waals surface area contributed by atoms with Crippen LogP contribution in [0.3, 0.4) is 0 Å². The van der Waals surface area contributed by atoms with Crippen molar-refractivity contribution in [3.63, 3.8) is 0 Å². The van der Waals surface area contributed by atoms with Gasteiger partial charge in [0.1, 0.15) is 0 Å². The first kappa shape index (κ1) is 22.1. The van der Waals surface area contributed by atoms with E-state index in [0.29, 0.717) is 4.88 Å². The summed E-state index contributed by atoms with van der Waals surface area (Å²) in [6.45, 7) is 9.13. The van der Waals surface area contributed by atoms with E-state index in [0.717, 1.165) is 16.9 Å². The van der Waals surface area contributed by atoms with Gasteiger partial charge in [-0.3, -0.25) is 20.4 Å². The van der Waals surface area contributed by atoms with Gasteiger partial charge in [-0.1, -0.05) is 13.0 Å². The Morgan fingerprint density at radius 1 is 1.07 bits per heavy atom. The first-order valence-electron chi connectivity index (χ1n) is 8.77. The Labute approximate surface area is 169 Å². The van der Waals surface area contributed by atoms with Gasteiger partial charge < -0.3 is 0 Å². The number of rotatable bonds is 5. The third kappa shape index (κ3) is 5.63. The average molecular weight is 424 g/mol. The Morgan fingerprint density at radius 3 is 2.29 bits per heavy atom. The fourth-order valence-corrected chi connectivity index (χ4v) is 4.97. The van der Waals surface area contributed by atoms with Gasteiger partial charge in [-0.25, -0.2) is 13.1 Å². The molecule has 0 bridgehead atoms. The van der Waals surface area contributed by atoms with Crippen LogP contribution in [-0.2, 0) is 16.4 Å². The molecule has 28 heavy (non-hydrogen) atoms. The lowest BCUT2D eigenvalue weighted by Gasteiger charge is -2.20. The van der Waals surface area contributed by atoms with Gasteiger partial charge >= 0.3 is 0 Å². The van der Waals surface area contributed by atoms with Gasteiger partial charge in [-0.2, -0.15) is 0 Å². The molecule has 0 atom stereocenters. The van der Waals surface area contributed by atoms with Crippen LogP contribution in [0.25, 0.3) is 0 Å². The van der Waals surface area contributed by atoms with Crippen LogP contribution in [0.4, 0.5) is 0 Å². The summed E-state index contributed by atoms with van der Waals surface area (Å²) in [6.07, 6.45) is 0.833. The third-order valence-corrected chi connectivity index (χ3v) is 6.84. The summed E-state index contributed by atoms with van der Waals surface area (Å²) < 4.78 is 27.4. The third-order valence-electron chi connectivity index (χ3n) is 3.70. The molecule has 0 saturated carbocycles. The molecule has 9 heteroatoms. The first-order chi connectivity index (χ1) is 12.9. The van der Waals surface area contributed by atoms with E-state index in [1.54, 1.807) is 26.8 Å². The highest BCUT2D eigenvalue weighted by Crippen LogP contribution is 2.22. The Kier molecular flexibility index (Phi) is 6.63. The molecule has 0 aliphatic rings. The van der Waals surface area contributed by atoms with Crippen molar-refractivity contribution in [1.82, 2.24) is 15.6 Å². The Morgan fingerprint density at radius 2 is 1.71 bits per heavy atom. The van der Waals surface area contributed by atoms with Gasteiger partial charge in [0.05, 0.1) is 9.77 Å². The van der Waals surface area contributed by atoms with Crippen LogP contribution in [0.5, 0.6) is 0 Å². The van der Waals surface area contributed by atoms with Gasteiger partial charge in [0.25, 0.3) is 11.8 Å². The number of carbonyl (C=O) groups is 2. The zero-order valence-electron chi connectivity index (χ0n) is 16.5. The van der Waals surface area contributed by atoms with E-state index in [1.165, 1.54) is 35.6 Å². The Bertz CT molecular complexity index is 989. The highest BCUT2D eigenvalue weighted by atomic mass is 32.2. The Balaban J connectivity index is 2.09. The van der Waals surface area contributed by atoms with Crippen LogP contribution < -0.4 is 15.6 Å². The molecule has 0 aliphatic carbocycles. The second-order valence-electron chi connectivity index (χ2n) is 7.36. The summed E-state index contributed by atoms with van der Waals surface area (Å²) in [5.41, 5.74) is 5.19. The maximum Gasteiger partial charge on any atom is 0.279 e. The molecule has 0 saturated heterocycles. The van der Waals surface area contributed by atoms with Gasteiger partial charge in [0, 0.05) is 16.0 Å². The van der Waals surface area contributed by atoms with Crippen LogP contribution in [0, 0.1) is 6.92 Å². The largest absolute Gasteiger partial charge is 0.279 e. The highest BCUT2D eigenvalue weighted by molar-refractivity contribution is 7.89. The molecule has 1 heterocycles. The van der Waals surface area contributed by atoms with E-state index in [2.05, 4.69) is 15.6 Å². The second-order valence-corrected chi connectivity index (χ2v) is 10.2. The number of hydrazine groups is 1. The molecule has 0 fully saturated rings. The van der Waals surface area contributed by atoms with E-state index in [1.807, 2.05) is 13.8 Å². The van der Waals surface area contributed by atoms with Crippen molar-refractivity contribution < 1.29 is 18.0 Å². The lowest BCUT2D eigenvalue weighted by molar-refractivity contribution is 0.0848. The monoisotopic (exact) mass is 423 g/mol. The minimum Gasteiger partial charge on any atom is -0.267 e. The molecule has 2 aromatic rings. The minimum absolute atomic E-state index is 0.0251. The van der Waals surface area contributed by atoms with E-state index in [9.17, 15) is 18.0 Å². The molecule has 0 spiro atoms. The molecule has 0 unspecified atom stereocenters. The number of aryl methyl sites for hydroxylation is 2. The maximum atomic E-state index is 12.4. The molecule has 1 aromatic heterocycles. The number of hydrogen-bond acceptors (Lipinski definition) is 5. The summed E-state index contributed by atoms with van der Waals surface area (Å²) >= 11 is 1.38. The summed E-state index contributed by atoms with van der Waals surface area (Å²) in [7, 11) is -3.77. The van der Waals surface area contributed by atoms with Crippen LogP contribution >= 0.6 is 11.3 Å². The fraction of sp³-hybridized carbons (Fsp3) is 0.368. The van der Waals surface area contributed by atoms with Gasteiger partial charge in [-0.15, -0.1) is 11.3 Å². The average Bonchev–Trinajstić information content (AvgIpc) is 2.98. The van der Waals surface area contributed by atoms with Crippen LogP contribution in [0.1, 0.15) is 58.2 Å². The zero-order chi connectivity index (χ0) is 21.1. The van der Waals surface area contributed by atoms with Crippen molar-refractivity contribution >= 4 is 33.2 Å². The molecule has 2 rings (SSSR count). The van der Waals surface area contributed by atoms with E-state index in [4.69, 9.17) is 0 Å². The van der Waals surface area contributed by atoms with E-state index in [-0.39, 0.29) is 10.5 Å². The second kappa shape index (κ2) is 8.42. The normalized spacial score (nSPS) is 11.9. The van der Waals surface area contributed by atoms with Crippen molar-refractivity contribution in [2.75, 3.05) is 0 Å². The quantitative estimate of drug-likeness (QED) is 0.643. The maximum absolute atomic E-state index is 12.4. The summed E-state index contributed by atoms with van der Waals surface area (Å²) in [6, 6.07) is 7.40. The number of nitrogens with one attached hydrogen (secondary N) is 3. The number of hydrogen-bond donors (Lipinski definition) is 3. The Hall–Kier alpha value is -2.23. The minimum atomic E-state index is -3.77. The summed E-state index contributed by atoms with van der Waals surface area (Å²) in [5, 5.41) is 0. The lowest BCUT2D eigenvalue weighted by atomic mass is 10.1. The zero-order valence-corrected chi connectivity index (χ0v) is 18.2. The van der Waals surface area contributed by atoms with E-state index < -0.39 is 27.4 Å². The molecule has 0 radical (unpaired) electrons. The molecule has 3 N–H and O–H groups in total. The van der Waals surface area contributed by atoms with Crippen molar-refractivity contribution in [1.29, 1.82) is 0 Å². The summed E-state index contributed by atoms with van der Waals surface area (Å²) in [5.74, 6) is -1.02. The van der Waals surface area contributed by atoms with Crippen molar-refractivity contribution in [2.45, 2.75) is 51.5 Å². The van der Waals surface area contributed by atoms with Gasteiger partial charge in [0.15, 0.2) is 0 Å². The number of amides is 2. The standard InChI is InChI=1S/C19H25N3O4S2/c1-6-15-12(2)10-16(27-15)18(24)21-20-17(23)13-8-7-9-14(11-13)28(25,26)22-19(3,4)5/h7-11,22H,6H2,1-5H3,(H,20,23)(H,21,24). The molecule has 1 aromatic carbocycles. The van der Waals surface area contributed by atoms with Crippen LogP contribution in [0.2, 0.25) is 0 Å². The first-order valence-corrected chi connectivity index (χ1v) is 11.1. The molecular weight excluding hydrogens is 398 g/mol. The SMILES string of the molecule is CCc1sc(C(=O)NNC(=O)c2cccc(S(=O)(=O)NC(C)(C)C)c2)cc1C. The van der Waals surface area contributed by atoms with Gasteiger partial charge in [-0.05, 0) is 63.9 Å². The molecule has 152 valence electrons. The van der Waals surface area contributed by atoms with Crippen molar-refractivity contribution in [3.8, 4) is 0 Å². The molecule has 7 nitrogen and oxygen atoms in total. The van der Waals surface area contributed by atoms with Crippen molar-refractivity contribution in [2.24, 2.45) is 0 Å². The number of thiophene rings is 1. The number of carbonyl (C=O) groups excluding carboxylic acids is 2. The predicted molar refractivity (Wildman–Crippen MR) is 110 cm³/mol. The van der Waals surface area contributed by atoms with Crippen molar-refractivity contribution in [3.05, 3.63) is 51.2 Å². The fourth-order valence-electron chi connectivity index (χ4n) is 2.50. The van der Waals surface area contributed by atoms with Gasteiger partial charge in [0.2, 0.25) is 10.0 Å². The summed E-state index contributed by atoms with van der Waals surface area (Å²) in [4.78, 5) is 26.1. The smallest absolute Gasteiger partial charge is 0.267 e. The van der Waals surface area contributed by atoms with Crippen LogP contribution in [-0.4, -0.2) is 25.8 Å². The van der Waals surface area contributed by atoms with E-state index >= 15 is 0 Å². The molecular formula is C19H25N3O4S2. The lowest BCUT2D eigenvalue weighted by Crippen LogP contribution is -2.42. The molecule has 2 amide bonds. The number of sulfonamides is 1. The molecule has 0 aliphatic heterocycles. The predicted octanol–water partition coefficient (Wildman–Crippen LogP) is 2.77. The topological polar surface area (TPSA) is 104 Å². The number of benzene rings is 1.